The molecular formula is C20H14ClFN2O6S. The highest BCUT2D eigenvalue weighted by Crippen LogP contribution is 2.43. The van der Waals surface area contributed by atoms with Crippen LogP contribution in [0.25, 0.3) is 11.3 Å². The number of thiophene rings is 1. The summed E-state index contributed by atoms with van der Waals surface area (Å²) in [6.45, 7) is 1.72. The number of carbonyl (C=O) groups excluding carboxylic acids is 4. The molecule has 2 N–H and O–H groups in total. The van der Waals surface area contributed by atoms with Crippen molar-refractivity contribution in [2.24, 2.45) is 5.73 Å². The van der Waals surface area contributed by atoms with Gasteiger partial charge in [-0.25, -0.2) is 23.7 Å². The van der Waals surface area contributed by atoms with Crippen molar-refractivity contribution in [1.82, 2.24) is 0 Å². The first-order valence-electron chi connectivity index (χ1n) is 8.72. The number of esters is 2. The lowest BCUT2D eigenvalue weighted by Gasteiger charge is -2.12. The minimum atomic E-state index is -1.12. The van der Waals surface area contributed by atoms with Crippen molar-refractivity contribution in [2.45, 2.75) is 6.92 Å². The average molecular weight is 465 g/mol. The summed E-state index contributed by atoms with van der Waals surface area (Å²) in [6.07, 6.45) is 1.68. The average Bonchev–Trinajstić information content (AvgIpc) is 3.32. The smallest absolute Gasteiger partial charge is 0.336 e. The van der Waals surface area contributed by atoms with Crippen LogP contribution in [0.3, 0.4) is 0 Å². The molecule has 2 aromatic rings. The summed E-state index contributed by atoms with van der Waals surface area (Å²) in [5.74, 6) is -3.76. The second-order valence-electron chi connectivity index (χ2n) is 5.95. The van der Waals surface area contributed by atoms with E-state index in [4.69, 9.17) is 22.1 Å². The van der Waals surface area contributed by atoms with Gasteiger partial charge in [0.05, 0.1) is 27.8 Å². The van der Waals surface area contributed by atoms with Gasteiger partial charge in [-0.05, 0) is 30.5 Å². The van der Waals surface area contributed by atoms with Crippen LogP contribution in [-0.4, -0.2) is 30.5 Å². The summed E-state index contributed by atoms with van der Waals surface area (Å²) in [5, 5.41) is 1.33. The predicted octanol–water partition coefficient (Wildman–Crippen LogP) is 3.50. The predicted molar refractivity (Wildman–Crippen MR) is 111 cm³/mol. The number of nitrogens with two attached hydrogens (primary N) is 1. The monoisotopic (exact) mass is 464 g/mol. The zero-order valence-electron chi connectivity index (χ0n) is 15.9. The Hall–Kier alpha value is -3.50. The van der Waals surface area contributed by atoms with Gasteiger partial charge in [0.15, 0.2) is 5.76 Å². The quantitative estimate of drug-likeness (QED) is 0.411. The first kappa shape index (κ1) is 22.2. The third-order valence-corrected chi connectivity index (χ3v) is 5.16. The summed E-state index contributed by atoms with van der Waals surface area (Å²) >= 11 is 6.93. The highest BCUT2D eigenvalue weighted by Gasteiger charge is 2.40. The van der Waals surface area contributed by atoms with E-state index in [1.807, 2.05) is 0 Å². The van der Waals surface area contributed by atoms with Gasteiger partial charge in [-0.15, -0.1) is 11.3 Å². The molecule has 31 heavy (non-hydrogen) atoms. The molecule has 1 aromatic carbocycles. The maximum Gasteiger partial charge on any atom is 0.336 e. The Morgan fingerprint density at radius 3 is 2.58 bits per heavy atom. The molecule has 1 aromatic heterocycles. The summed E-state index contributed by atoms with van der Waals surface area (Å²) in [6, 6.07) is 4.10. The SMILES string of the molecule is CCOC(=O)/C=C/C(=O)O/C(=C1/C(=O)N(C(N)=O)c2cc(Cl)c(F)cc21)c1cccs1. The van der Waals surface area contributed by atoms with E-state index in [2.05, 4.69) is 4.74 Å². The Labute approximate surface area is 184 Å². The third kappa shape index (κ3) is 4.49. The molecule has 0 unspecified atom stereocenters. The zero-order valence-corrected chi connectivity index (χ0v) is 17.5. The molecule has 3 amide bonds. The molecular weight excluding hydrogens is 451 g/mol. The van der Waals surface area contributed by atoms with Crippen molar-refractivity contribution in [3.05, 3.63) is 63.1 Å². The van der Waals surface area contributed by atoms with Gasteiger partial charge in [0.2, 0.25) is 0 Å². The first-order chi connectivity index (χ1) is 14.7. The second-order valence-corrected chi connectivity index (χ2v) is 7.31. The number of ether oxygens (including phenoxy) is 2. The van der Waals surface area contributed by atoms with Crippen molar-refractivity contribution >= 4 is 63.8 Å². The summed E-state index contributed by atoms with van der Waals surface area (Å²) in [7, 11) is 0. The third-order valence-electron chi connectivity index (χ3n) is 4.00. The lowest BCUT2D eigenvalue weighted by molar-refractivity contribution is -0.138. The van der Waals surface area contributed by atoms with Gasteiger partial charge in [-0.3, -0.25) is 4.79 Å². The molecule has 8 nitrogen and oxygen atoms in total. The van der Waals surface area contributed by atoms with Crippen molar-refractivity contribution < 1.29 is 33.0 Å². The van der Waals surface area contributed by atoms with Crippen LogP contribution in [0.1, 0.15) is 17.4 Å². The van der Waals surface area contributed by atoms with Crippen LogP contribution in [-0.2, 0) is 23.9 Å². The van der Waals surface area contributed by atoms with E-state index >= 15 is 0 Å². The fraction of sp³-hybridized carbons (Fsp3) is 0.100. The van der Waals surface area contributed by atoms with E-state index in [0.29, 0.717) is 9.78 Å². The molecule has 0 radical (unpaired) electrons. The lowest BCUT2D eigenvalue weighted by Crippen LogP contribution is -2.38. The van der Waals surface area contributed by atoms with Crippen LogP contribution < -0.4 is 10.6 Å². The number of rotatable bonds is 5. The molecule has 0 aliphatic carbocycles. The van der Waals surface area contributed by atoms with E-state index in [1.165, 1.54) is 0 Å². The normalized spacial score (nSPS) is 14.5. The number of hydrogen-bond donors (Lipinski definition) is 1. The number of anilines is 1. The molecule has 160 valence electrons. The molecule has 0 saturated heterocycles. The highest BCUT2D eigenvalue weighted by molar-refractivity contribution is 7.11. The maximum absolute atomic E-state index is 14.2. The number of benzene rings is 1. The Morgan fingerprint density at radius 1 is 1.26 bits per heavy atom. The largest absolute Gasteiger partial charge is 0.463 e. The molecule has 3 rings (SSSR count). The highest BCUT2D eigenvalue weighted by atomic mass is 35.5. The van der Waals surface area contributed by atoms with Crippen molar-refractivity contribution in [3.8, 4) is 0 Å². The Kier molecular flexibility index (Phi) is 6.52. The zero-order chi connectivity index (χ0) is 22.7. The fourth-order valence-corrected chi connectivity index (χ4v) is 3.66. The minimum absolute atomic E-state index is 0.0312. The van der Waals surface area contributed by atoms with E-state index in [9.17, 15) is 23.6 Å². The number of hydrogen-bond acceptors (Lipinski definition) is 7. The molecule has 0 spiro atoms. The van der Waals surface area contributed by atoms with Crippen molar-refractivity contribution in [2.75, 3.05) is 11.5 Å². The van der Waals surface area contributed by atoms with Gasteiger partial charge in [0.25, 0.3) is 5.91 Å². The Bertz CT molecular complexity index is 1140. The van der Waals surface area contributed by atoms with Gasteiger partial charge in [-0.2, -0.15) is 0 Å². The van der Waals surface area contributed by atoms with E-state index in [1.54, 1.807) is 24.4 Å². The standard InChI is InChI=1S/C20H14ClFN2O6S/c1-2-29-15(25)5-6-16(26)30-18(14-4-3-7-31-14)17-10-8-12(22)11(21)9-13(10)24(19(17)27)20(23)28/h3-9H,2H2,1H3,(H2,23,28)/b6-5+,18-17+. The van der Waals surface area contributed by atoms with Gasteiger partial charge in [0.1, 0.15) is 5.82 Å². The van der Waals surface area contributed by atoms with Crippen LogP contribution in [0.15, 0.2) is 41.8 Å². The number of amides is 3. The number of primary amides is 1. The van der Waals surface area contributed by atoms with Gasteiger partial charge >= 0.3 is 18.0 Å². The molecule has 0 atom stereocenters. The Morgan fingerprint density at radius 2 is 1.97 bits per heavy atom. The fourth-order valence-electron chi connectivity index (χ4n) is 2.79. The number of halogens is 2. The Balaban J connectivity index is 2.14. The first-order valence-corrected chi connectivity index (χ1v) is 9.98. The molecule has 1 aliphatic rings. The number of nitrogens with zero attached hydrogens (tertiary/aromatic N) is 1. The van der Waals surface area contributed by atoms with E-state index < -0.39 is 29.7 Å². The van der Waals surface area contributed by atoms with Gasteiger partial charge in [-0.1, -0.05) is 17.7 Å². The lowest BCUT2D eigenvalue weighted by atomic mass is 10.0. The topological polar surface area (TPSA) is 116 Å². The minimum Gasteiger partial charge on any atom is -0.463 e. The number of urea groups is 1. The second kappa shape index (κ2) is 9.11. The van der Waals surface area contributed by atoms with Crippen LogP contribution in [0.2, 0.25) is 5.02 Å². The van der Waals surface area contributed by atoms with E-state index in [-0.39, 0.29) is 34.2 Å². The van der Waals surface area contributed by atoms with Crippen LogP contribution >= 0.6 is 22.9 Å². The molecule has 1 aliphatic heterocycles. The van der Waals surface area contributed by atoms with Crippen molar-refractivity contribution in [3.63, 3.8) is 0 Å². The number of carbonyl (C=O) groups is 4. The molecule has 0 saturated carbocycles. The summed E-state index contributed by atoms with van der Waals surface area (Å²) in [4.78, 5) is 49.6. The number of fused-ring (bicyclic) bond motifs is 1. The van der Waals surface area contributed by atoms with E-state index in [0.717, 1.165) is 35.6 Å². The van der Waals surface area contributed by atoms with Gasteiger partial charge in [0, 0.05) is 17.7 Å². The summed E-state index contributed by atoms with van der Waals surface area (Å²) < 4.78 is 24.2. The summed E-state index contributed by atoms with van der Waals surface area (Å²) in [5.41, 5.74) is 4.98. The molecule has 0 bridgehead atoms. The molecule has 0 fully saturated rings. The molecule has 11 heteroatoms. The van der Waals surface area contributed by atoms with Crippen LogP contribution in [0, 0.1) is 5.82 Å². The van der Waals surface area contributed by atoms with Crippen LogP contribution in [0.4, 0.5) is 14.9 Å². The van der Waals surface area contributed by atoms with Gasteiger partial charge < -0.3 is 15.2 Å². The number of imide groups is 1. The van der Waals surface area contributed by atoms with Crippen LogP contribution in [0.5, 0.6) is 0 Å². The van der Waals surface area contributed by atoms with Crippen molar-refractivity contribution in [1.29, 1.82) is 0 Å². The molecule has 2 heterocycles. The maximum atomic E-state index is 14.2.